The number of amides is 1. The maximum absolute atomic E-state index is 12.6. The summed E-state index contributed by atoms with van der Waals surface area (Å²) in [7, 11) is 0. The van der Waals surface area contributed by atoms with Gasteiger partial charge in [-0.15, -0.1) is 0 Å². The van der Waals surface area contributed by atoms with Gasteiger partial charge in [0.2, 0.25) is 0 Å². The number of rotatable bonds is 3. The van der Waals surface area contributed by atoms with E-state index in [0.717, 1.165) is 5.56 Å². The van der Waals surface area contributed by atoms with Crippen molar-refractivity contribution < 1.29 is 19.4 Å². The molecular formula is C17H23NO4. The first-order chi connectivity index (χ1) is 10.0. The molecule has 120 valence electrons. The van der Waals surface area contributed by atoms with Crippen LogP contribution in [-0.4, -0.2) is 29.1 Å². The molecule has 0 aliphatic carbocycles. The first-order valence-electron chi connectivity index (χ1n) is 7.40. The fraction of sp³-hybridized carbons (Fsp3) is 0.529. The van der Waals surface area contributed by atoms with Crippen LogP contribution in [-0.2, 0) is 15.0 Å². The molecule has 5 nitrogen and oxygen atoms in total. The van der Waals surface area contributed by atoms with E-state index < -0.39 is 11.6 Å². The largest absolute Gasteiger partial charge is 0.481 e. The average molecular weight is 305 g/mol. The molecule has 22 heavy (non-hydrogen) atoms. The highest BCUT2D eigenvalue weighted by molar-refractivity contribution is 6.02. The van der Waals surface area contributed by atoms with Crippen molar-refractivity contribution in [1.82, 2.24) is 0 Å². The molecule has 0 saturated carbocycles. The summed E-state index contributed by atoms with van der Waals surface area (Å²) in [6, 6.07) is 5.77. The van der Waals surface area contributed by atoms with E-state index in [1.807, 2.05) is 18.2 Å². The molecule has 0 unspecified atom stereocenters. The predicted octanol–water partition coefficient (Wildman–Crippen LogP) is 2.96. The van der Waals surface area contributed by atoms with E-state index in [-0.39, 0.29) is 24.3 Å². The van der Waals surface area contributed by atoms with Gasteiger partial charge in [-0.25, -0.2) is 0 Å². The molecule has 1 aliphatic heterocycles. The van der Waals surface area contributed by atoms with Crippen LogP contribution in [0.5, 0.6) is 5.75 Å². The Kier molecular flexibility index (Phi) is 3.94. The number of carboxylic acids is 1. The van der Waals surface area contributed by atoms with Gasteiger partial charge < -0.3 is 14.7 Å². The molecule has 0 saturated heterocycles. The molecule has 1 aromatic carbocycles. The third kappa shape index (κ3) is 3.08. The third-order valence-corrected chi connectivity index (χ3v) is 3.79. The normalized spacial score (nSPS) is 17.0. The van der Waals surface area contributed by atoms with Crippen molar-refractivity contribution in [1.29, 1.82) is 0 Å². The van der Waals surface area contributed by atoms with Gasteiger partial charge in [-0.2, -0.15) is 0 Å². The molecule has 0 aromatic heterocycles. The molecule has 1 heterocycles. The van der Waals surface area contributed by atoms with Crippen LogP contribution < -0.4 is 9.64 Å². The van der Waals surface area contributed by atoms with E-state index in [1.54, 1.807) is 13.8 Å². The van der Waals surface area contributed by atoms with E-state index in [1.165, 1.54) is 4.90 Å². The Morgan fingerprint density at radius 3 is 2.50 bits per heavy atom. The number of fused-ring (bicyclic) bond motifs is 1. The maximum Gasteiger partial charge on any atom is 0.305 e. The molecular weight excluding hydrogens is 282 g/mol. The fourth-order valence-corrected chi connectivity index (χ4v) is 2.46. The van der Waals surface area contributed by atoms with E-state index in [2.05, 4.69) is 20.8 Å². The zero-order chi connectivity index (χ0) is 16.7. The molecule has 0 fully saturated rings. The molecule has 2 rings (SSSR count). The van der Waals surface area contributed by atoms with Crippen molar-refractivity contribution >= 4 is 17.6 Å². The second-order valence-corrected chi connectivity index (χ2v) is 7.15. The van der Waals surface area contributed by atoms with Crippen LogP contribution in [0.25, 0.3) is 0 Å². The minimum Gasteiger partial charge on any atom is -0.481 e. The van der Waals surface area contributed by atoms with Crippen LogP contribution in [0, 0.1) is 0 Å². The lowest BCUT2D eigenvalue weighted by molar-refractivity contribution is -0.137. The van der Waals surface area contributed by atoms with Crippen LogP contribution in [0.2, 0.25) is 0 Å². The van der Waals surface area contributed by atoms with Crippen LogP contribution in [0.4, 0.5) is 5.69 Å². The first-order valence-corrected chi connectivity index (χ1v) is 7.40. The number of nitrogens with zero attached hydrogens (tertiary/aromatic N) is 1. The van der Waals surface area contributed by atoms with Gasteiger partial charge in [-0.3, -0.25) is 9.59 Å². The number of carboxylic acid groups (broad SMARTS) is 1. The fourth-order valence-electron chi connectivity index (χ4n) is 2.46. The number of anilines is 1. The van der Waals surface area contributed by atoms with Crippen LogP contribution in [0.3, 0.4) is 0 Å². The van der Waals surface area contributed by atoms with E-state index in [4.69, 9.17) is 9.84 Å². The third-order valence-electron chi connectivity index (χ3n) is 3.79. The molecule has 1 N–H and O–H groups in total. The molecule has 1 aliphatic rings. The van der Waals surface area contributed by atoms with E-state index in [0.29, 0.717) is 11.4 Å². The van der Waals surface area contributed by atoms with Crippen molar-refractivity contribution in [3.8, 4) is 5.75 Å². The lowest BCUT2D eigenvalue weighted by atomic mass is 9.86. The standard InChI is InChI=1S/C17H23NO4/c1-16(2,3)11-6-7-13-12(10-11)18(9-8-14(19)20)15(21)17(4,5)22-13/h6-7,10H,8-9H2,1-5H3,(H,19,20). The summed E-state index contributed by atoms with van der Waals surface area (Å²) < 4.78 is 5.80. The number of ether oxygens (including phenoxy) is 1. The van der Waals surface area contributed by atoms with E-state index in [9.17, 15) is 9.59 Å². The van der Waals surface area contributed by atoms with Crippen molar-refractivity contribution in [3.05, 3.63) is 23.8 Å². The van der Waals surface area contributed by atoms with Crippen molar-refractivity contribution in [2.75, 3.05) is 11.4 Å². The Bertz CT molecular complexity index is 614. The Morgan fingerprint density at radius 1 is 1.32 bits per heavy atom. The summed E-state index contributed by atoms with van der Waals surface area (Å²) in [5.41, 5.74) is 0.666. The number of carbonyl (C=O) groups is 2. The summed E-state index contributed by atoms with van der Waals surface area (Å²) in [6.07, 6.45) is -0.0962. The smallest absolute Gasteiger partial charge is 0.305 e. The number of carbonyl (C=O) groups excluding carboxylic acids is 1. The lowest BCUT2D eigenvalue weighted by Crippen LogP contribution is -2.53. The molecule has 1 aromatic rings. The SMILES string of the molecule is CC1(C)Oc2ccc(C(C)(C)C)cc2N(CCC(=O)O)C1=O. The van der Waals surface area contributed by atoms with Gasteiger partial charge in [-0.1, -0.05) is 26.8 Å². The van der Waals surface area contributed by atoms with Crippen molar-refractivity contribution in [2.24, 2.45) is 0 Å². The van der Waals surface area contributed by atoms with Gasteiger partial charge in [0.05, 0.1) is 12.1 Å². The van der Waals surface area contributed by atoms with Crippen molar-refractivity contribution in [2.45, 2.75) is 52.1 Å². The highest BCUT2D eigenvalue weighted by Crippen LogP contribution is 2.40. The number of hydrogen-bond acceptors (Lipinski definition) is 3. The van der Waals surface area contributed by atoms with Gasteiger partial charge >= 0.3 is 5.97 Å². The second-order valence-electron chi connectivity index (χ2n) is 7.15. The predicted molar refractivity (Wildman–Crippen MR) is 84.5 cm³/mol. The Morgan fingerprint density at radius 2 is 1.95 bits per heavy atom. The molecule has 1 amide bonds. The summed E-state index contributed by atoms with van der Waals surface area (Å²) in [4.78, 5) is 25.0. The second kappa shape index (κ2) is 5.30. The molecule has 0 spiro atoms. The topological polar surface area (TPSA) is 66.8 Å². The summed E-state index contributed by atoms with van der Waals surface area (Å²) in [5.74, 6) is -0.527. The molecule has 0 bridgehead atoms. The minimum absolute atomic E-state index is 0.0660. The van der Waals surface area contributed by atoms with Crippen LogP contribution in [0.15, 0.2) is 18.2 Å². The summed E-state index contributed by atoms with van der Waals surface area (Å²) in [6.45, 7) is 9.80. The Balaban J connectivity index is 2.48. The minimum atomic E-state index is -0.991. The van der Waals surface area contributed by atoms with E-state index >= 15 is 0 Å². The quantitative estimate of drug-likeness (QED) is 0.932. The Hall–Kier alpha value is -2.04. The summed E-state index contributed by atoms with van der Waals surface area (Å²) in [5, 5.41) is 8.92. The molecule has 0 atom stereocenters. The highest BCUT2D eigenvalue weighted by Gasteiger charge is 2.41. The van der Waals surface area contributed by atoms with Crippen LogP contribution in [0.1, 0.15) is 46.6 Å². The number of aliphatic carboxylic acids is 1. The van der Waals surface area contributed by atoms with Gasteiger partial charge in [0, 0.05) is 6.54 Å². The number of hydrogen-bond donors (Lipinski definition) is 1. The number of benzene rings is 1. The zero-order valence-corrected chi connectivity index (χ0v) is 13.8. The molecule has 5 heteroatoms. The zero-order valence-electron chi connectivity index (χ0n) is 13.8. The first kappa shape index (κ1) is 16.3. The molecule has 0 radical (unpaired) electrons. The van der Waals surface area contributed by atoms with Gasteiger partial charge in [-0.05, 0) is 37.0 Å². The average Bonchev–Trinajstić information content (AvgIpc) is 2.37. The highest BCUT2D eigenvalue weighted by atomic mass is 16.5. The Labute approximate surface area is 130 Å². The maximum atomic E-state index is 12.6. The van der Waals surface area contributed by atoms with Crippen molar-refractivity contribution in [3.63, 3.8) is 0 Å². The van der Waals surface area contributed by atoms with Gasteiger partial charge in [0.15, 0.2) is 5.60 Å². The summed E-state index contributed by atoms with van der Waals surface area (Å²) >= 11 is 0. The van der Waals surface area contributed by atoms with Gasteiger partial charge in [0.25, 0.3) is 5.91 Å². The monoisotopic (exact) mass is 305 g/mol. The van der Waals surface area contributed by atoms with Crippen LogP contribution >= 0.6 is 0 Å². The lowest BCUT2D eigenvalue weighted by Gasteiger charge is -2.39. The van der Waals surface area contributed by atoms with Gasteiger partial charge in [0.1, 0.15) is 5.75 Å².